The molecular weight excluding hydrogens is 278 g/mol. The van der Waals surface area contributed by atoms with Gasteiger partial charge in [-0.3, -0.25) is 0 Å². The van der Waals surface area contributed by atoms with Gasteiger partial charge >= 0.3 is 0 Å². The number of benzene rings is 1. The topological polar surface area (TPSA) is 48.4 Å². The van der Waals surface area contributed by atoms with Gasteiger partial charge in [0, 0.05) is 5.02 Å². The zero-order chi connectivity index (χ0) is 13.9. The Balaban J connectivity index is 1.73. The lowest BCUT2D eigenvalue weighted by Crippen LogP contribution is -1.97. The Morgan fingerprint density at radius 3 is 2.70 bits per heavy atom. The molecule has 0 unspecified atom stereocenters. The minimum atomic E-state index is 0.331. The van der Waals surface area contributed by atoms with Crippen molar-refractivity contribution in [3.05, 3.63) is 59.1 Å². The number of rotatable bonds is 4. The Morgan fingerprint density at radius 2 is 2.00 bits per heavy atom. The molecule has 0 spiro atoms. The summed E-state index contributed by atoms with van der Waals surface area (Å²) < 4.78 is 16.5. The third-order valence-corrected chi connectivity index (χ3v) is 3.07. The zero-order valence-corrected chi connectivity index (χ0v) is 11.6. The van der Waals surface area contributed by atoms with Gasteiger partial charge in [0.1, 0.15) is 23.8 Å². The van der Waals surface area contributed by atoms with Crippen LogP contribution in [-0.4, -0.2) is 4.98 Å². The molecule has 102 valence electrons. The monoisotopic (exact) mass is 289 g/mol. The lowest BCUT2D eigenvalue weighted by molar-refractivity contribution is 0.299. The highest BCUT2D eigenvalue weighted by Gasteiger charge is 2.13. The summed E-state index contributed by atoms with van der Waals surface area (Å²) in [5.74, 6) is 2.51. The maximum atomic E-state index is 5.82. The van der Waals surface area contributed by atoms with E-state index in [0.29, 0.717) is 29.0 Å². The van der Waals surface area contributed by atoms with Crippen molar-refractivity contribution in [3.8, 4) is 17.4 Å². The van der Waals surface area contributed by atoms with E-state index < -0.39 is 0 Å². The minimum absolute atomic E-state index is 0.331. The van der Waals surface area contributed by atoms with E-state index in [4.69, 9.17) is 25.2 Å². The molecule has 2 heterocycles. The summed E-state index contributed by atoms with van der Waals surface area (Å²) >= 11 is 5.82. The molecule has 0 saturated carbocycles. The summed E-state index contributed by atoms with van der Waals surface area (Å²) in [6, 6.07) is 10.8. The van der Waals surface area contributed by atoms with Crippen LogP contribution in [0.15, 0.2) is 51.5 Å². The number of halogens is 1. The van der Waals surface area contributed by atoms with Gasteiger partial charge in [-0.25, -0.2) is 4.98 Å². The van der Waals surface area contributed by atoms with Gasteiger partial charge in [0.2, 0.25) is 0 Å². The largest absolute Gasteiger partial charge is 0.487 e. The Hall–Kier alpha value is -2.20. The smallest absolute Gasteiger partial charge is 0.263 e. The molecule has 0 N–H and O–H groups in total. The molecule has 0 atom stereocenters. The molecular formula is C15H12ClNO3. The van der Waals surface area contributed by atoms with E-state index >= 15 is 0 Å². The molecule has 0 saturated heterocycles. The summed E-state index contributed by atoms with van der Waals surface area (Å²) in [5.41, 5.74) is 0.742. The van der Waals surface area contributed by atoms with E-state index in [2.05, 4.69) is 4.98 Å². The first-order valence-corrected chi connectivity index (χ1v) is 6.49. The first kappa shape index (κ1) is 12.8. The average Bonchev–Trinajstić information content (AvgIpc) is 3.08. The Labute approximate surface area is 121 Å². The summed E-state index contributed by atoms with van der Waals surface area (Å²) in [6.45, 7) is 2.18. The van der Waals surface area contributed by atoms with Crippen LogP contribution in [-0.2, 0) is 6.61 Å². The van der Waals surface area contributed by atoms with Gasteiger partial charge in [-0.05, 0) is 43.3 Å². The molecule has 0 amide bonds. The summed E-state index contributed by atoms with van der Waals surface area (Å²) in [6.07, 6.45) is 1.58. The second-order valence-electron chi connectivity index (χ2n) is 4.24. The molecule has 3 rings (SSSR count). The van der Waals surface area contributed by atoms with Crippen LogP contribution in [0.25, 0.3) is 11.7 Å². The number of aromatic nitrogens is 1. The minimum Gasteiger partial charge on any atom is -0.487 e. The van der Waals surface area contributed by atoms with Crippen LogP contribution in [0, 0.1) is 6.92 Å². The molecule has 20 heavy (non-hydrogen) atoms. The van der Waals surface area contributed by atoms with Crippen molar-refractivity contribution in [3.63, 3.8) is 0 Å². The first-order chi connectivity index (χ1) is 9.72. The van der Waals surface area contributed by atoms with Gasteiger partial charge in [-0.15, -0.1) is 0 Å². The highest BCUT2D eigenvalue weighted by atomic mass is 35.5. The van der Waals surface area contributed by atoms with Crippen molar-refractivity contribution < 1.29 is 13.6 Å². The predicted molar refractivity (Wildman–Crippen MR) is 74.7 cm³/mol. The Kier molecular flexibility index (Phi) is 3.48. The molecule has 0 aliphatic carbocycles. The SMILES string of the molecule is Cc1oc(-c2ccco2)nc1COc1ccc(Cl)cc1. The van der Waals surface area contributed by atoms with Crippen LogP contribution in [0.3, 0.4) is 0 Å². The summed E-state index contributed by atoms with van der Waals surface area (Å²) in [5, 5.41) is 0.676. The fourth-order valence-corrected chi connectivity index (χ4v) is 1.88. The van der Waals surface area contributed by atoms with Crippen LogP contribution in [0.2, 0.25) is 5.02 Å². The van der Waals surface area contributed by atoms with Crippen LogP contribution >= 0.6 is 11.6 Å². The van der Waals surface area contributed by atoms with E-state index in [1.807, 2.05) is 19.1 Å². The van der Waals surface area contributed by atoms with Crippen LogP contribution in [0.4, 0.5) is 0 Å². The third kappa shape index (κ3) is 2.70. The van der Waals surface area contributed by atoms with Gasteiger partial charge in [0.05, 0.1) is 6.26 Å². The van der Waals surface area contributed by atoms with E-state index in [9.17, 15) is 0 Å². The first-order valence-electron chi connectivity index (χ1n) is 6.11. The third-order valence-electron chi connectivity index (χ3n) is 2.81. The van der Waals surface area contributed by atoms with Gasteiger partial charge in [-0.2, -0.15) is 0 Å². The lowest BCUT2D eigenvalue weighted by Gasteiger charge is -2.03. The lowest BCUT2D eigenvalue weighted by atomic mass is 10.3. The number of ether oxygens (including phenoxy) is 1. The summed E-state index contributed by atoms with van der Waals surface area (Å²) in [4.78, 5) is 4.37. The molecule has 0 aliphatic heterocycles. The molecule has 5 heteroatoms. The quantitative estimate of drug-likeness (QED) is 0.711. The molecule has 0 bridgehead atoms. The fourth-order valence-electron chi connectivity index (χ4n) is 1.75. The predicted octanol–water partition coefficient (Wildman–Crippen LogP) is 4.48. The zero-order valence-electron chi connectivity index (χ0n) is 10.8. The molecule has 0 fully saturated rings. The number of hydrogen-bond donors (Lipinski definition) is 0. The molecule has 0 aliphatic rings. The van der Waals surface area contributed by atoms with Crippen molar-refractivity contribution in [1.29, 1.82) is 0 Å². The van der Waals surface area contributed by atoms with E-state index in [1.165, 1.54) is 0 Å². The molecule has 0 radical (unpaired) electrons. The van der Waals surface area contributed by atoms with Crippen molar-refractivity contribution in [1.82, 2.24) is 4.98 Å². The van der Waals surface area contributed by atoms with Crippen molar-refractivity contribution in [2.75, 3.05) is 0 Å². The Bertz CT molecular complexity index is 686. The van der Waals surface area contributed by atoms with Crippen molar-refractivity contribution in [2.45, 2.75) is 13.5 Å². The van der Waals surface area contributed by atoms with E-state index in [0.717, 1.165) is 11.4 Å². The average molecular weight is 290 g/mol. The number of furan rings is 1. The van der Waals surface area contributed by atoms with Crippen LogP contribution in [0.5, 0.6) is 5.75 Å². The normalized spacial score (nSPS) is 10.7. The van der Waals surface area contributed by atoms with E-state index in [-0.39, 0.29) is 0 Å². The molecule has 3 aromatic rings. The second kappa shape index (κ2) is 5.43. The second-order valence-corrected chi connectivity index (χ2v) is 4.68. The maximum absolute atomic E-state index is 5.82. The van der Waals surface area contributed by atoms with Gasteiger partial charge in [0.25, 0.3) is 5.89 Å². The standard InChI is InChI=1S/C15H12ClNO3/c1-10-13(9-19-12-6-4-11(16)5-7-12)17-15(20-10)14-3-2-8-18-14/h2-8H,9H2,1H3. The number of aryl methyl sites for hydroxylation is 1. The van der Waals surface area contributed by atoms with Crippen LogP contribution < -0.4 is 4.74 Å². The van der Waals surface area contributed by atoms with Gasteiger partial charge in [-0.1, -0.05) is 11.6 Å². The maximum Gasteiger partial charge on any atom is 0.263 e. The number of hydrogen-bond acceptors (Lipinski definition) is 4. The summed E-state index contributed by atoms with van der Waals surface area (Å²) in [7, 11) is 0. The van der Waals surface area contributed by atoms with E-state index in [1.54, 1.807) is 30.5 Å². The van der Waals surface area contributed by atoms with Gasteiger partial charge < -0.3 is 13.6 Å². The molecule has 2 aromatic heterocycles. The fraction of sp³-hybridized carbons (Fsp3) is 0.133. The van der Waals surface area contributed by atoms with Crippen LogP contribution in [0.1, 0.15) is 11.5 Å². The molecule has 1 aromatic carbocycles. The highest BCUT2D eigenvalue weighted by molar-refractivity contribution is 6.30. The number of oxazole rings is 1. The Morgan fingerprint density at radius 1 is 1.20 bits per heavy atom. The van der Waals surface area contributed by atoms with Crippen molar-refractivity contribution in [2.24, 2.45) is 0 Å². The molecule has 4 nitrogen and oxygen atoms in total. The van der Waals surface area contributed by atoms with Crippen molar-refractivity contribution >= 4 is 11.6 Å². The highest BCUT2D eigenvalue weighted by Crippen LogP contribution is 2.23. The van der Waals surface area contributed by atoms with Gasteiger partial charge in [0.15, 0.2) is 5.76 Å². The number of nitrogens with zero attached hydrogens (tertiary/aromatic N) is 1.